The topological polar surface area (TPSA) is 124 Å². The zero-order valence-electron chi connectivity index (χ0n) is 15.0. The van der Waals surface area contributed by atoms with Crippen molar-refractivity contribution in [3.8, 4) is 5.69 Å². The highest BCUT2D eigenvalue weighted by molar-refractivity contribution is 7.90. The number of hydrogen-bond donors (Lipinski definition) is 1. The van der Waals surface area contributed by atoms with Crippen molar-refractivity contribution in [2.75, 3.05) is 5.32 Å². The van der Waals surface area contributed by atoms with Crippen LogP contribution in [0.5, 0.6) is 0 Å². The van der Waals surface area contributed by atoms with Crippen LogP contribution < -0.4 is 5.32 Å². The zero-order valence-corrected chi connectivity index (χ0v) is 16.6. The van der Waals surface area contributed by atoms with E-state index >= 15 is 0 Å². The van der Waals surface area contributed by atoms with Gasteiger partial charge in [0, 0.05) is 17.2 Å². The van der Waals surface area contributed by atoms with Gasteiger partial charge in [-0.05, 0) is 36.4 Å². The Kier molecular flexibility index (Phi) is 4.79. The number of sulfone groups is 1. The van der Waals surface area contributed by atoms with E-state index in [9.17, 15) is 27.7 Å². The summed E-state index contributed by atoms with van der Waals surface area (Å²) in [7, 11) is -3.41. The average Bonchev–Trinajstić information content (AvgIpc) is 3.15. The fraction of sp³-hybridized carbons (Fsp3) is 0.111. The molecule has 30 heavy (non-hydrogen) atoms. The normalized spacial score (nSPS) is 14.3. The first-order chi connectivity index (χ1) is 14.1. The maximum atomic E-state index is 13.3. The molecule has 0 saturated heterocycles. The van der Waals surface area contributed by atoms with Gasteiger partial charge in [0.1, 0.15) is 16.7 Å². The maximum Gasteiger partial charge on any atom is 0.288 e. The lowest BCUT2D eigenvalue weighted by Gasteiger charge is -2.11. The van der Waals surface area contributed by atoms with Crippen molar-refractivity contribution < 1.29 is 22.5 Å². The SMILES string of the molecule is O=C(Nc1c2c(nn1-c1ccc(F)cc1)CS(=O)(=O)C2)c1ccc(Cl)c([N+](=O)[O-])c1. The molecule has 1 aliphatic rings. The molecule has 1 N–H and O–H groups in total. The van der Waals surface area contributed by atoms with Crippen LogP contribution in [0.1, 0.15) is 21.6 Å². The first kappa shape index (κ1) is 20.0. The summed E-state index contributed by atoms with van der Waals surface area (Å²) in [6, 6.07) is 8.80. The van der Waals surface area contributed by atoms with E-state index in [1.165, 1.54) is 41.1 Å². The van der Waals surface area contributed by atoms with Gasteiger partial charge in [0.05, 0.1) is 27.8 Å². The summed E-state index contributed by atoms with van der Waals surface area (Å²) in [6.07, 6.45) is 0. The molecule has 2 aromatic carbocycles. The first-order valence-electron chi connectivity index (χ1n) is 8.47. The van der Waals surface area contributed by atoms with E-state index < -0.39 is 32.2 Å². The van der Waals surface area contributed by atoms with Gasteiger partial charge in [-0.2, -0.15) is 5.10 Å². The number of anilines is 1. The maximum absolute atomic E-state index is 13.3. The number of halogens is 2. The lowest BCUT2D eigenvalue weighted by atomic mass is 10.2. The van der Waals surface area contributed by atoms with Crippen LogP contribution in [0.15, 0.2) is 42.5 Å². The Bertz CT molecular complexity index is 1300. The summed E-state index contributed by atoms with van der Waals surface area (Å²) in [5.41, 5.74) is 0.505. The number of nitrogens with one attached hydrogen (secondary N) is 1. The zero-order chi connectivity index (χ0) is 21.6. The Morgan fingerprint density at radius 3 is 2.57 bits per heavy atom. The number of carbonyl (C=O) groups is 1. The molecule has 9 nitrogen and oxygen atoms in total. The van der Waals surface area contributed by atoms with Crippen LogP contribution in [-0.2, 0) is 21.3 Å². The molecule has 0 atom stereocenters. The largest absolute Gasteiger partial charge is 0.306 e. The number of hydrogen-bond acceptors (Lipinski definition) is 6. The predicted octanol–water partition coefficient (Wildman–Crippen LogP) is 3.25. The average molecular weight is 451 g/mol. The van der Waals surface area contributed by atoms with Crippen molar-refractivity contribution in [2.45, 2.75) is 11.5 Å². The minimum atomic E-state index is -3.41. The van der Waals surface area contributed by atoms with Crippen LogP contribution >= 0.6 is 11.6 Å². The molecule has 0 saturated carbocycles. The summed E-state index contributed by atoms with van der Waals surface area (Å²) in [5, 5.41) is 17.8. The number of amides is 1. The second kappa shape index (κ2) is 7.18. The molecule has 0 unspecified atom stereocenters. The molecular formula is C18H12ClFN4O5S. The summed E-state index contributed by atoms with van der Waals surface area (Å²) < 4.78 is 38.6. The van der Waals surface area contributed by atoms with Crippen LogP contribution in [0.4, 0.5) is 15.9 Å². The van der Waals surface area contributed by atoms with Gasteiger partial charge in [-0.25, -0.2) is 17.5 Å². The number of nitro benzene ring substituents is 1. The van der Waals surface area contributed by atoms with Crippen molar-refractivity contribution in [1.29, 1.82) is 0 Å². The number of nitrogens with zero attached hydrogens (tertiary/aromatic N) is 3. The van der Waals surface area contributed by atoms with Crippen LogP contribution in [-0.4, -0.2) is 29.0 Å². The third kappa shape index (κ3) is 3.64. The van der Waals surface area contributed by atoms with E-state index in [0.29, 0.717) is 11.3 Å². The molecular weight excluding hydrogens is 439 g/mol. The Morgan fingerprint density at radius 2 is 1.90 bits per heavy atom. The molecule has 0 fully saturated rings. The van der Waals surface area contributed by atoms with E-state index in [0.717, 1.165) is 6.07 Å². The fourth-order valence-corrected chi connectivity index (χ4v) is 4.79. The fourth-order valence-electron chi connectivity index (χ4n) is 3.11. The van der Waals surface area contributed by atoms with E-state index in [4.69, 9.17) is 11.6 Å². The monoisotopic (exact) mass is 450 g/mol. The standard InChI is InChI=1S/C18H12ClFN4O5S/c19-14-6-1-10(7-16(14)24(26)27)18(25)21-17-13-8-30(28,29)9-15(13)22-23(17)12-4-2-11(20)3-5-12/h1-7H,8-9H2,(H,21,25). The van der Waals surface area contributed by atoms with E-state index in [1.807, 2.05) is 0 Å². The van der Waals surface area contributed by atoms with Gasteiger partial charge in [0.2, 0.25) is 0 Å². The Balaban J connectivity index is 1.77. The molecule has 1 aromatic heterocycles. The highest BCUT2D eigenvalue weighted by Gasteiger charge is 2.33. The number of aromatic nitrogens is 2. The Hall–Kier alpha value is -3.31. The van der Waals surface area contributed by atoms with E-state index in [2.05, 4.69) is 10.4 Å². The Labute approximate surface area is 174 Å². The van der Waals surface area contributed by atoms with Crippen LogP contribution in [0.25, 0.3) is 5.69 Å². The van der Waals surface area contributed by atoms with Gasteiger partial charge >= 0.3 is 0 Å². The minimum absolute atomic E-state index is 0.0486. The highest BCUT2D eigenvalue weighted by atomic mass is 35.5. The number of fused-ring (bicyclic) bond motifs is 1. The lowest BCUT2D eigenvalue weighted by molar-refractivity contribution is -0.384. The first-order valence-corrected chi connectivity index (χ1v) is 10.7. The number of carbonyl (C=O) groups excluding carboxylic acids is 1. The van der Waals surface area contributed by atoms with Gasteiger partial charge < -0.3 is 5.32 Å². The van der Waals surface area contributed by atoms with Crippen molar-refractivity contribution in [1.82, 2.24) is 9.78 Å². The summed E-state index contributed by atoms with van der Waals surface area (Å²) >= 11 is 5.78. The molecule has 154 valence electrons. The predicted molar refractivity (Wildman–Crippen MR) is 106 cm³/mol. The van der Waals surface area contributed by atoms with Crippen LogP contribution in [0.3, 0.4) is 0 Å². The van der Waals surface area contributed by atoms with Crippen molar-refractivity contribution in [3.63, 3.8) is 0 Å². The Morgan fingerprint density at radius 1 is 1.20 bits per heavy atom. The third-order valence-corrected chi connectivity index (χ3v) is 6.26. The summed E-state index contributed by atoms with van der Waals surface area (Å²) in [4.78, 5) is 23.1. The van der Waals surface area contributed by atoms with E-state index in [1.54, 1.807) is 0 Å². The molecule has 1 aliphatic heterocycles. The third-order valence-electron chi connectivity index (χ3n) is 4.50. The summed E-state index contributed by atoms with van der Waals surface area (Å²) in [5.74, 6) is -1.70. The van der Waals surface area contributed by atoms with Gasteiger partial charge in [0.15, 0.2) is 9.84 Å². The summed E-state index contributed by atoms with van der Waals surface area (Å²) in [6.45, 7) is 0. The van der Waals surface area contributed by atoms with Gasteiger partial charge in [-0.3, -0.25) is 14.9 Å². The molecule has 3 aromatic rings. The molecule has 12 heteroatoms. The molecule has 4 rings (SSSR count). The van der Waals surface area contributed by atoms with Crippen molar-refractivity contribution >= 4 is 38.9 Å². The number of nitro groups is 1. The highest BCUT2D eigenvalue weighted by Crippen LogP contribution is 2.33. The second-order valence-electron chi connectivity index (χ2n) is 6.57. The quantitative estimate of drug-likeness (QED) is 0.480. The van der Waals surface area contributed by atoms with Crippen molar-refractivity contribution in [2.24, 2.45) is 0 Å². The van der Waals surface area contributed by atoms with Gasteiger partial charge in [-0.1, -0.05) is 11.6 Å². The second-order valence-corrected chi connectivity index (χ2v) is 9.04. The van der Waals surface area contributed by atoms with Crippen LogP contribution in [0, 0.1) is 15.9 Å². The molecule has 0 aliphatic carbocycles. The minimum Gasteiger partial charge on any atom is -0.306 e. The molecule has 1 amide bonds. The van der Waals surface area contributed by atoms with Crippen molar-refractivity contribution in [3.05, 3.63) is 80.2 Å². The molecule has 0 bridgehead atoms. The van der Waals surface area contributed by atoms with E-state index in [-0.39, 0.29) is 33.6 Å². The molecule has 2 heterocycles. The smallest absolute Gasteiger partial charge is 0.288 e. The molecule has 0 spiro atoms. The van der Waals surface area contributed by atoms with Gasteiger partial charge in [-0.15, -0.1) is 0 Å². The lowest BCUT2D eigenvalue weighted by Crippen LogP contribution is -2.17. The van der Waals surface area contributed by atoms with Crippen LogP contribution in [0.2, 0.25) is 5.02 Å². The number of benzene rings is 2. The number of rotatable bonds is 4. The molecule has 0 radical (unpaired) electrons. The van der Waals surface area contributed by atoms with Gasteiger partial charge in [0.25, 0.3) is 11.6 Å².